The molecule has 0 spiro atoms. The van der Waals surface area contributed by atoms with E-state index in [-0.39, 0.29) is 11.4 Å². The van der Waals surface area contributed by atoms with Crippen molar-refractivity contribution in [2.45, 2.75) is 11.3 Å². The Hall–Kier alpha value is -1.99. The molecule has 0 amide bonds. The molecule has 0 aliphatic heterocycles. The van der Waals surface area contributed by atoms with E-state index in [1.54, 1.807) is 24.5 Å². The number of rotatable bonds is 6. The molecule has 0 saturated carbocycles. The SMILES string of the molecule is COc1cccc(S(=O)(=O)NCCc2cncnc2)c1. The number of hydrogen-bond acceptors (Lipinski definition) is 5. The Labute approximate surface area is 117 Å². The molecule has 0 aliphatic carbocycles. The smallest absolute Gasteiger partial charge is 0.240 e. The van der Waals surface area contributed by atoms with Crippen LogP contribution < -0.4 is 9.46 Å². The van der Waals surface area contributed by atoms with Crippen LogP contribution in [-0.4, -0.2) is 32.0 Å². The first kappa shape index (κ1) is 14.4. The minimum absolute atomic E-state index is 0.182. The first-order chi connectivity index (χ1) is 9.62. The van der Waals surface area contributed by atoms with Gasteiger partial charge in [0.2, 0.25) is 10.0 Å². The van der Waals surface area contributed by atoms with Crippen molar-refractivity contribution in [2.24, 2.45) is 0 Å². The fourth-order valence-electron chi connectivity index (χ4n) is 1.64. The molecule has 20 heavy (non-hydrogen) atoms. The molecular weight excluding hydrogens is 278 g/mol. The van der Waals surface area contributed by atoms with E-state index in [4.69, 9.17) is 4.74 Å². The number of benzene rings is 1. The first-order valence-electron chi connectivity index (χ1n) is 5.99. The number of nitrogens with one attached hydrogen (secondary N) is 1. The fraction of sp³-hybridized carbons (Fsp3) is 0.231. The topological polar surface area (TPSA) is 81.2 Å². The summed E-state index contributed by atoms with van der Waals surface area (Å²) in [5.41, 5.74) is 0.876. The van der Waals surface area contributed by atoms with Crippen LogP contribution in [0.2, 0.25) is 0 Å². The normalized spacial score (nSPS) is 11.2. The van der Waals surface area contributed by atoms with Crippen LogP contribution in [0.25, 0.3) is 0 Å². The van der Waals surface area contributed by atoms with Crippen molar-refractivity contribution in [1.82, 2.24) is 14.7 Å². The first-order valence-corrected chi connectivity index (χ1v) is 7.48. The van der Waals surface area contributed by atoms with Crippen LogP contribution >= 0.6 is 0 Å². The Kier molecular flexibility index (Phi) is 4.65. The number of hydrogen-bond donors (Lipinski definition) is 1. The standard InChI is InChI=1S/C13H15N3O3S/c1-19-12-3-2-4-13(7-12)20(17,18)16-6-5-11-8-14-10-15-9-11/h2-4,7-10,16H,5-6H2,1H3. The summed E-state index contributed by atoms with van der Waals surface area (Å²) in [5, 5.41) is 0. The van der Waals surface area contributed by atoms with Crippen LogP contribution in [0.1, 0.15) is 5.56 Å². The maximum absolute atomic E-state index is 12.1. The molecule has 1 N–H and O–H groups in total. The number of methoxy groups -OCH3 is 1. The number of nitrogens with zero attached hydrogens (tertiary/aromatic N) is 2. The zero-order chi connectivity index (χ0) is 14.4. The molecule has 1 aromatic heterocycles. The van der Waals surface area contributed by atoms with Crippen LogP contribution in [0, 0.1) is 0 Å². The van der Waals surface area contributed by atoms with Crippen LogP contribution in [0.5, 0.6) is 5.75 Å². The number of aromatic nitrogens is 2. The van der Waals surface area contributed by atoms with Crippen molar-refractivity contribution in [3.63, 3.8) is 0 Å². The van der Waals surface area contributed by atoms with Crippen LogP contribution in [0.4, 0.5) is 0 Å². The monoisotopic (exact) mass is 293 g/mol. The van der Waals surface area contributed by atoms with Gasteiger partial charge >= 0.3 is 0 Å². The van der Waals surface area contributed by atoms with Gasteiger partial charge in [0.05, 0.1) is 12.0 Å². The molecule has 0 aliphatic rings. The van der Waals surface area contributed by atoms with E-state index in [2.05, 4.69) is 14.7 Å². The zero-order valence-electron chi connectivity index (χ0n) is 11.0. The lowest BCUT2D eigenvalue weighted by Gasteiger charge is -2.08. The lowest BCUT2D eigenvalue weighted by molar-refractivity contribution is 0.413. The Morgan fingerprint density at radius 2 is 2.00 bits per heavy atom. The quantitative estimate of drug-likeness (QED) is 0.859. The maximum atomic E-state index is 12.1. The molecule has 7 heteroatoms. The summed E-state index contributed by atoms with van der Waals surface area (Å²) in [4.78, 5) is 7.93. The van der Waals surface area contributed by atoms with Gasteiger partial charge in [-0.05, 0) is 24.1 Å². The highest BCUT2D eigenvalue weighted by molar-refractivity contribution is 7.89. The van der Waals surface area contributed by atoms with E-state index in [0.29, 0.717) is 12.2 Å². The van der Waals surface area contributed by atoms with Gasteiger partial charge in [0.25, 0.3) is 0 Å². The molecular formula is C13H15N3O3S. The summed E-state index contributed by atoms with van der Waals surface area (Å²) in [7, 11) is -2.04. The molecule has 0 saturated heterocycles. The predicted octanol–water partition coefficient (Wildman–Crippen LogP) is 1.01. The van der Waals surface area contributed by atoms with Gasteiger partial charge in [-0.3, -0.25) is 0 Å². The summed E-state index contributed by atoms with van der Waals surface area (Å²) < 4.78 is 31.7. The third-order valence-corrected chi connectivity index (χ3v) is 4.13. The molecule has 2 aromatic rings. The summed E-state index contributed by atoms with van der Waals surface area (Å²) in [6.45, 7) is 0.285. The Morgan fingerprint density at radius 1 is 1.25 bits per heavy atom. The molecule has 106 valence electrons. The molecule has 1 aromatic carbocycles. The highest BCUT2D eigenvalue weighted by Gasteiger charge is 2.13. The van der Waals surface area contributed by atoms with Crippen molar-refractivity contribution in [1.29, 1.82) is 0 Å². The molecule has 0 radical (unpaired) electrons. The van der Waals surface area contributed by atoms with Gasteiger partial charge in [-0.2, -0.15) is 0 Å². The lowest BCUT2D eigenvalue weighted by atomic mass is 10.2. The fourth-order valence-corrected chi connectivity index (χ4v) is 2.71. The molecule has 6 nitrogen and oxygen atoms in total. The van der Waals surface area contributed by atoms with E-state index < -0.39 is 10.0 Å². The van der Waals surface area contributed by atoms with Gasteiger partial charge in [-0.15, -0.1) is 0 Å². The third kappa shape index (κ3) is 3.75. The largest absolute Gasteiger partial charge is 0.497 e. The van der Waals surface area contributed by atoms with E-state index in [0.717, 1.165) is 5.56 Å². The van der Waals surface area contributed by atoms with E-state index >= 15 is 0 Å². The highest BCUT2D eigenvalue weighted by Crippen LogP contribution is 2.16. The summed E-state index contributed by atoms with van der Waals surface area (Å²) in [6, 6.07) is 6.34. The Morgan fingerprint density at radius 3 is 2.70 bits per heavy atom. The van der Waals surface area contributed by atoms with Gasteiger partial charge in [0.1, 0.15) is 12.1 Å². The molecule has 0 bridgehead atoms. The summed E-state index contributed by atoms with van der Waals surface area (Å²) >= 11 is 0. The van der Waals surface area contributed by atoms with Crippen molar-refractivity contribution in [3.05, 3.63) is 48.5 Å². The Bertz CT molecular complexity index is 660. The van der Waals surface area contributed by atoms with Crippen LogP contribution in [-0.2, 0) is 16.4 Å². The molecule has 1 heterocycles. The van der Waals surface area contributed by atoms with Gasteiger partial charge in [0.15, 0.2) is 0 Å². The van der Waals surface area contributed by atoms with Gasteiger partial charge in [-0.1, -0.05) is 6.07 Å². The average Bonchev–Trinajstić information content (AvgIpc) is 2.48. The highest BCUT2D eigenvalue weighted by atomic mass is 32.2. The molecule has 0 fully saturated rings. The van der Waals surface area contributed by atoms with Crippen molar-refractivity contribution in [3.8, 4) is 5.75 Å². The van der Waals surface area contributed by atoms with E-state index in [1.165, 1.54) is 25.6 Å². The lowest BCUT2D eigenvalue weighted by Crippen LogP contribution is -2.26. The molecule has 0 unspecified atom stereocenters. The zero-order valence-corrected chi connectivity index (χ0v) is 11.8. The second-order valence-electron chi connectivity index (χ2n) is 4.07. The van der Waals surface area contributed by atoms with Crippen LogP contribution in [0.3, 0.4) is 0 Å². The summed E-state index contributed by atoms with van der Waals surface area (Å²) in [5.74, 6) is 0.504. The second-order valence-corrected chi connectivity index (χ2v) is 5.84. The maximum Gasteiger partial charge on any atom is 0.240 e. The van der Waals surface area contributed by atoms with Gasteiger partial charge in [-0.25, -0.2) is 23.1 Å². The van der Waals surface area contributed by atoms with Crippen molar-refractivity contribution < 1.29 is 13.2 Å². The van der Waals surface area contributed by atoms with Gasteiger partial charge < -0.3 is 4.74 Å². The van der Waals surface area contributed by atoms with E-state index in [9.17, 15) is 8.42 Å². The summed E-state index contributed by atoms with van der Waals surface area (Å²) in [6.07, 6.45) is 5.29. The number of sulfonamides is 1. The Balaban J connectivity index is 2.00. The average molecular weight is 293 g/mol. The van der Waals surface area contributed by atoms with Crippen molar-refractivity contribution >= 4 is 10.0 Å². The second kappa shape index (κ2) is 6.44. The minimum Gasteiger partial charge on any atom is -0.497 e. The van der Waals surface area contributed by atoms with Crippen LogP contribution in [0.15, 0.2) is 47.9 Å². The third-order valence-electron chi connectivity index (χ3n) is 2.67. The van der Waals surface area contributed by atoms with Gasteiger partial charge in [0, 0.05) is 25.0 Å². The molecule has 0 atom stereocenters. The number of ether oxygens (including phenoxy) is 1. The molecule has 2 rings (SSSR count). The predicted molar refractivity (Wildman–Crippen MR) is 73.9 cm³/mol. The minimum atomic E-state index is -3.53. The van der Waals surface area contributed by atoms with E-state index in [1.807, 2.05) is 0 Å². The van der Waals surface area contributed by atoms with Crippen molar-refractivity contribution in [2.75, 3.05) is 13.7 Å².